The van der Waals surface area contributed by atoms with Crippen LogP contribution in [-0.2, 0) is 13.0 Å². The summed E-state index contributed by atoms with van der Waals surface area (Å²) in [6, 6.07) is 14.0. The Kier molecular flexibility index (Phi) is 4.38. The van der Waals surface area contributed by atoms with Crippen molar-refractivity contribution in [3.63, 3.8) is 0 Å². The van der Waals surface area contributed by atoms with E-state index in [9.17, 15) is 4.79 Å². The Morgan fingerprint density at radius 3 is 2.87 bits per heavy atom. The van der Waals surface area contributed by atoms with Crippen LogP contribution in [0.1, 0.15) is 18.9 Å². The van der Waals surface area contributed by atoms with Crippen molar-refractivity contribution in [3.05, 3.63) is 77.2 Å². The van der Waals surface area contributed by atoms with Crippen LogP contribution < -0.4 is 5.56 Å². The minimum atomic E-state index is 0.00584. The number of nitrogens with zero attached hydrogens (tertiary/aromatic N) is 2. The summed E-state index contributed by atoms with van der Waals surface area (Å²) in [6.45, 7) is 6.46. The molecule has 3 nitrogen and oxygen atoms in total. The first-order valence-corrected chi connectivity index (χ1v) is 7.93. The minimum Gasteiger partial charge on any atom is -0.292 e. The summed E-state index contributed by atoms with van der Waals surface area (Å²) >= 11 is 0. The zero-order valence-corrected chi connectivity index (χ0v) is 13.3. The predicted octanol–water partition coefficient (Wildman–Crippen LogP) is 4.20. The van der Waals surface area contributed by atoms with Gasteiger partial charge in [-0.3, -0.25) is 9.36 Å². The smallest absolute Gasteiger partial charge is 0.260 e. The monoisotopic (exact) mass is 304 g/mol. The van der Waals surface area contributed by atoms with Crippen LogP contribution >= 0.6 is 0 Å². The molecule has 3 rings (SSSR count). The Morgan fingerprint density at radius 2 is 2.09 bits per heavy atom. The van der Waals surface area contributed by atoms with E-state index in [1.807, 2.05) is 36.4 Å². The lowest BCUT2D eigenvalue weighted by Gasteiger charge is -2.12. The highest BCUT2D eigenvalue weighted by atomic mass is 16.1. The van der Waals surface area contributed by atoms with E-state index in [-0.39, 0.29) is 5.56 Å². The maximum absolute atomic E-state index is 13.0. The molecule has 0 saturated carbocycles. The Labute approximate surface area is 135 Å². The van der Waals surface area contributed by atoms with Crippen molar-refractivity contribution in [1.29, 1.82) is 0 Å². The Balaban J connectivity index is 2.26. The molecule has 2 heterocycles. The zero-order valence-electron chi connectivity index (χ0n) is 13.3. The number of aryl methyl sites for hydroxylation is 2. The summed E-state index contributed by atoms with van der Waals surface area (Å²) in [5, 5.41) is 0.980. The lowest BCUT2D eigenvalue weighted by molar-refractivity contribution is 0.703. The molecule has 0 aliphatic rings. The largest absolute Gasteiger partial charge is 0.292 e. The van der Waals surface area contributed by atoms with E-state index in [4.69, 9.17) is 0 Å². The topological polar surface area (TPSA) is 34.9 Å². The third-order valence-electron chi connectivity index (χ3n) is 4.05. The van der Waals surface area contributed by atoms with Crippen molar-refractivity contribution in [3.8, 4) is 11.1 Å². The van der Waals surface area contributed by atoms with E-state index in [2.05, 4.69) is 30.6 Å². The molecule has 0 N–H and O–H groups in total. The molecule has 0 amide bonds. The lowest BCUT2D eigenvalue weighted by atomic mass is 10.0. The van der Waals surface area contributed by atoms with Crippen molar-refractivity contribution in [2.24, 2.45) is 0 Å². The summed E-state index contributed by atoms with van der Waals surface area (Å²) in [6.07, 6.45) is 5.24. The van der Waals surface area contributed by atoms with Crippen LogP contribution in [0.15, 0.2) is 66.1 Å². The molecular formula is C20H20N2O. The number of hydrogen-bond donors (Lipinski definition) is 0. The number of aromatic nitrogens is 2. The summed E-state index contributed by atoms with van der Waals surface area (Å²) in [4.78, 5) is 17.4. The quantitative estimate of drug-likeness (QED) is 0.662. The molecule has 3 aromatic rings. The van der Waals surface area contributed by atoms with E-state index in [1.165, 1.54) is 5.56 Å². The van der Waals surface area contributed by atoms with Gasteiger partial charge in [-0.15, -0.1) is 6.58 Å². The van der Waals surface area contributed by atoms with Crippen LogP contribution in [-0.4, -0.2) is 9.55 Å². The van der Waals surface area contributed by atoms with Gasteiger partial charge in [0.25, 0.3) is 5.56 Å². The van der Waals surface area contributed by atoms with Gasteiger partial charge in [0.1, 0.15) is 5.65 Å². The number of pyridine rings is 2. The standard InChI is InChI=1S/C20H20N2O/c1-3-5-12-22-19-17(10-7-11-21-19)14-18(20(22)23)16-9-6-8-15(4-2)13-16/h3,6-11,13-14H,1,4-5,12H2,2H3. The van der Waals surface area contributed by atoms with Gasteiger partial charge in [0.05, 0.1) is 0 Å². The van der Waals surface area contributed by atoms with E-state index in [0.29, 0.717) is 6.54 Å². The first-order chi connectivity index (χ1) is 11.2. The summed E-state index contributed by atoms with van der Waals surface area (Å²) in [7, 11) is 0. The Hall–Kier alpha value is -2.68. The summed E-state index contributed by atoms with van der Waals surface area (Å²) in [5.74, 6) is 0. The Morgan fingerprint density at radius 1 is 1.22 bits per heavy atom. The van der Waals surface area contributed by atoms with Crippen LogP contribution in [0.3, 0.4) is 0 Å². The van der Waals surface area contributed by atoms with E-state index < -0.39 is 0 Å². The molecule has 1 aromatic carbocycles. The summed E-state index contributed by atoms with van der Waals surface area (Å²) < 4.78 is 1.75. The fourth-order valence-corrected chi connectivity index (χ4v) is 2.80. The van der Waals surface area contributed by atoms with Crippen LogP contribution in [0.2, 0.25) is 0 Å². The fraction of sp³-hybridized carbons (Fsp3) is 0.200. The highest BCUT2D eigenvalue weighted by Gasteiger charge is 2.11. The van der Waals surface area contributed by atoms with Gasteiger partial charge in [-0.05, 0) is 42.2 Å². The second kappa shape index (κ2) is 6.61. The van der Waals surface area contributed by atoms with E-state index in [1.54, 1.807) is 10.8 Å². The average Bonchev–Trinajstić information content (AvgIpc) is 2.60. The average molecular weight is 304 g/mol. The second-order valence-corrected chi connectivity index (χ2v) is 5.56. The first-order valence-electron chi connectivity index (χ1n) is 7.93. The van der Waals surface area contributed by atoms with Crippen molar-refractivity contribution < 1.29 is 0 Å². The van der Waals surface area contributed by atoms with Crippen LogP contribution in [0.4, 0.5) is 0 Å². The SMILES string of the molecule is C=CCCn1c(=O)c(-c2cccc(CC)c2)cc2cccnc21. The number of fused-ring (bicyclic) bond motifs is 1. The van der Waals surface area contributed by atoms with E-state index >= 15 is 0 Å². The normalized spacial score (nSPS) is 10.8. The molecule has 0 spiro atoms. The number of rotatable bonds is 5. The molecule has 23 heavy (non-hydrogen) atoms. The van der Waals surface area contributed by atoms with Gasteiger partial charge in [0.15, 0.2) is 0 Å². The van der Waals surface area contributed by atoms with Crippen LogP contribution in [0, 0.1) is 0 Å². The molecule has 2 aromatic heterocycles. The van der Waals surface area contributed by atoms with Crippen molar-refractivity contribution in [2.45, 2.75) is 26.3 Å². The zero-order chi connectivity index (χ0) is 16.2. The lowest BCUT2D eigenvalue weighted by Crippen LogP contribution is -2.22. The highest BCUT2D eigenvalue weighted by molar-refractivity contribution is 5.81. The number of allylic oxidation sites excluding steroid dienone is 1. The van der Waals surface area contributed by atoms with Crippen molar-refractivity contribution in [2.75, 3.05) is 0 Å². The maximum atomic E-state index is 13.0. The third-order valence-corrected chi connectivity index (χ3v) is 4.05. The van der Waals surface area contributed by atoms with Gasteiger partial charge >= 0.3 is 0 Å². The second-order valence-electron chi connectivity index (χ2n) is 5.56. The molecule has 3 heteroatoms. The van der Waals surface area contributed by atoms with E-state index in [0.717, 1.165) is 35.0 Å². The maximum Gasteiger partial charge on any atom is 0.260 e. The molecule has 0 aliphatic carbocycles. The molecule has 0 unspecified atom stereocenters. The van der Waals surface area contributed by atoms with Crippen LogP contribution in [0.5, 0.6) is 0 Å². The van der Waals surface area contributed by atoms with Crippen molar-refractivity contribution in [1.82, 2.24) is 9.55 Å². The molecule has 116 valence electrons. The van der Waals surface area contributed by atoms with Gasteiger partial charge in [-0.2, -0.15) is 0 Å². The molecule has 0 fully saturated rings. The molecular weight excluding hydrogens is 284 g/mol. The van der Waals surface area contributed by atoms with Gasteiger partial charge in [0.2, 0.25) is 0 Å². The van der Waals surface area contributed by atoms with Crippen LogP contribution in [0.25, 0.3) is 22.2 Å². The molecule has 0 bridgehead atoms. The Bertz CT molecular complexity index is 909. The van der Waals surface area contributed by atoms with Gasteiger partial charge in [-0.1, -0.05) is 37.3 Å². The fourth-order valence-electron chi connectivity index (χ4n) is 2.80. The summed E-state index contributed by atoms with van der Waals surface area (Å²) in [5.41, 5.74) is 3.66. The third kappa shape index (κ3) is 2.95. The van der Waals surface area contributed by atoms with Crippen molar-refractivity contribution >= 4 is 11.0 Å². The van der Waals surface area contributed by atoms with Gasteiger partial charge < -0.3 is 0 Å². The molecule has 0 atom stereocenters. The number of hydrogen-bond acceptors (Lipinski definition) is 2. The van der Waals surface area contributed by atoms with Gasteiger partial charge in [-0.25, -0.2) is 4.98 Å². The highest BCUT2D eigenvalue weighted by Crippen LogP contribution is 2.21. The minimum absolute atomic E-state index is 0.00584. The molecule has 0 saturated heterocycles. The molecule has 0 aliphatic heterocycles. The number of benzene rings is 1. The van der Waals surface area contributed by atoms with Gasteiger partial charge in [0, 0.05) is 23.7 Å². The predicted molar refractivity (Wildman–Crippen MR) is 95.6 cm³/mol. The molecule has 0 radical (unpaired) electrons. The first kappa shape index (κ1) is 15.2.